The quantitative estimate of drug-likeness (QED) is 0.581. The van der Waals surface area contributed by atoms with Crippen LogP contribution in [0.15, 0.2) is 41.3 Å². The Morgan fingerprint density at radius 3 is 2.16 bits per heavy atom. The second-order valence-electron chi connectivity index (χ2n) is 6.07. The molecule has 0 fully saturated rings. The van der Waals surface area contributed by atoms with Gasteiger partial charge in [0.15, 0.2) is 0 Å². The van der Waals surface area contributed by atoms with Crippen LogP contribution in [-0.4, -0.2) is 24.7 Å². The molecule has 7 heteroatoms. The molecule has 6 nitrogen and oxygen atoms in total. The number of nitrogens with zero attached hydrogens (tertiary/aromatic N) is 2. The lowest BCUT2D eigenvalue weighted by Crippen LogP contribution is -2.27. The summed E-state index contributed by atoms with van der Waals surface area (Å²) in [5.74, 6) is 0. The molecule has 0 spiro atoms. The van der Waals surface area contributed by atoms with Crippen LogP contribution in [0.25, 0.3) is 0 Å². The first-order valence-electron chi connectivity index (χ1n) is 7.96. The summed E-state index contributed by atoms with van der Waals surface area (Å²) < 4.78 is 27.0. The smallest absolute Gasteiger partial charge is 0.258 e. The van der Waals surface area contributed by atoms with Crippen molar-refractivity contribution in [2.24, 2.45) is 0 Å². The van der Waals surface area contributed by atoms with Crippen LogP contribution in [0.1, 0.15) is 29.2 Å². The summed E-state index contributed by atoms with van der Waals surface area (Å²) in [6.45, 7) is 5.59. The van der Waals surface area contributed by atoms with Crippen LogP contribution in [0, 0.1) is 24.0 Å². The molecule has 25 heavy (non-hydrogen) atoms. The Hall–Kier alpha value is -2.25. The Morgan fingerprint density at radius 1 is 1.08 bits per heavy atom. The second-order valence-corrected chi connectivity index (χ2v) is 8.09. The maximum Gasteiger partial charge on any atom is 0.271 e. The van der Waals surface area contributed by atoms with Crippen molar-refractivity contribution in [1.29, 1.82) is 0 Å². The van der Waals surface area contributed by atoms with E-state index in [9.17, 15) is 18.5 Å². The number of nitro groups is 1. The van der Waals surface area contributed by atoms with Crippen molar-refractivity contribution in [3.05, 3.63) is 68.8 Å². The van der Waals surface area contributed by atoms with E-state index in [2.05, 4.69) is 6.92 Å². The minimum atomic E-state index is -3.83. The Bertz CT molecular complexity index is 890. The molecule has 0 saturated carbocycles. The molecule has 0 aromatic heterocycles. The van der Waals surface area contributed by atoms with Crippen LogP contribution in [0.2, 0.25) is 0 Å². The normalized spacial score (nSPS) is 11.7. The van der Waals surface area contributed by atoms with Crippen LogP contribution in [0.4, 0.5) is 5.69 Å². The van der Waals surface area contributed by atoms with E-state index >= 15 is 0 Å². The Morgan fingerprint density at radius 2 is 1.64 bits per heavy atom. The molecule has 0 unspecified atom stereocenters. The van der Waals surface area contributed by atoms with Crippen molar-refractivity contribution < 1.29 is 13.3 Å². The maximum atomic E-state index is 12.9. The molecule has 0 amide bonds. The Balaban J connectivity index is 2.38. The topological polar surface area (TPSA) is 80.5 Å². The van der Waals surface area contributed by atoms with Crippen molar-refractivity contribution in [2.75, 3.05) is 7.05 Å². The molecule has 0 radical (unpaired) electrons. The van der Waals surface area contributed by atoms with Crippen LogP contribution in [-0.2, 0) is 23.0 Å². The van der Waals surface area contributed by atoms with Crippen LogP contribution < -0.4 is 0 Å². The van der Waals surface area contributed by atoms with Gasteiger partial charge in [-0.15, -0.1) is 0 Å². The molecule has 0 atom stereocenters. The van der Waals surface area contributed by atoms with Crippen molar-refractivity contribution in [1.82, 2.24) is 4.31 Å². The van der Waals surface area contributed by atoms with E-state index in [0.29, 0.717) is 11.1 Å². The van der Waals surface area contributed by atoms with E-state index in [1.807, 2.05) is 24.3 Å². The molecule has 0 bridgehead atoms. The van der Waals surface area contributed by atoms with Gasteiger partial charge in [0.1, 0.15) is 0 Å². The predicted octanol–water partition coefficient (Wildman–Crippen LogP) is 3.59. The number of nitro benzene ring substituents is 1. The number of aryl methyl sites for hydroxylation is 2. The van der Waals surface area contributed by atoms with Gasteiger partial charge in [-0.05, 0) is 42.5 Å². The van der Waals surface area contributed by atoms with Crippen LogP contribution >= 0.6 is 0 Å². The molecule has 134 valence electrons. The molecule has 0 heterocycles. The van der Waals surface area contributed by atoms with Gasteiger partial charge in [0.05, 0.1) is 9.82 Å². The van der Waals surface area contributed by atoms with E-state index in [1.54, 1.807) is 13.8 Å². The highest BCUT2D eigenvalue weighted by Gasteiger charge is 2.26. The van der Waals surface area contributed by atoms with Gasteiger partial charge >= 0.3 is 0 Å². The van der Waals surface area contributed by atoms with E-state index in [4.69, 9.17) is 0 Å². The number of hydrogen-bond donors (Lipinski definition) is 0. The predicted molar refractivity (Wildman–Crippen MR) is 97.0 cm³/mol. The first-order valence-corrected chi connectivity index (χ1v) is 9.40. The number of non-ortho nitro benzene ring substituents is 1. The molecule has 0 N–H and O–H groups in total. The standard InChI is InChI=1S/C18H22N2O4S/c1-5-15-6-8-16(9-7-15)12-19(4)25(23,24)18-11-17(20(21)22)10-13(2)14(18)3/h6-11H,5,12H2,1-4H3. The maximum absolute atomic E-state index is 12.9. The van der Waals surface area contributed by atoms with E-state index in [-0.39, 0.29) is 17.1 Å². The average molecular weight is 362 g/mol. The Labute approximate surface area is 148 Å². The van der Waals surface area contributed by atoms with Crippen molar-refractivity contribution in [3.8, 4) is 0 Å². The lowest BCUT2D eigenvalue weighted by Gasteiger charge is -2.19. The van der Waals surface area contributed by atoms with Gasteiger partial charge < -0.3 is 0 Å². The first kappa shape index (κ1) is 19.1. The van der Waals surface area contributed by atoms with E-state index in [0.717, 1.165) is 18.1 Å². The molecule has 0 aliphatic rings. The summed E-state index contributed by atoms with van der Waals surface area (Å²) in [4.78, 5) is 10.5. The minimum Gasteiger partial charge on any atom is -0.258 e. The molecule has 2 aromatic carbocycles. The Kier molecular flexibility index (Phi) is 5.59. The number of benzene rings is 2. The van der Waals surface area contributed by atoms with E-state index < -0.39 is 14.9 Å². The van der Waals surface area contributed by atoms with Crippen LogP contribution in [0.3, 0.4) is 0 Å². The highest BCUT2D eigenvalue weighted by atomic mass is 32.2. The first-order chi connectivity index (χ1) is 11.7. The number of hydrogen-bond acceptors (Lipinski definition) is 4. The zero-order chi connectivity index (χ0) is 18.8. The number of rotatable bonds is 6. The molecular formula is C18H22N2O4S. The minimum absolute atomic E-state index is 0.0214. The van der Waals surface area contributed by atoms with Crippen LogP contribution in [0.5, 0.6) is 0 Å². The molecule has 2 aromatic rings. The van der Waals surface area contributed by atoms with E-state index in [1.165, 1.54) is 23.0 Å². The highest BCUT2D eigenvalue weighted by molar-refractivity contribution is 7.89. The van der Waals surface area contributed by atoms with Gasteiger partial charge in [-0.2, -0.15) is 4.31 Å². The monoisotopic (exact) mass is 362 g/mol. The van der Waals surface area contributed by atoms with Gasteiger partial charge in [-0.1, -0.05) is 31.2 Å². The van der Waals surface area contributed by atoms with Crippen molar-refractivity contribution >= 4 is 15.7 Å². The zero-order valence-electron chi connectivity index (χ0n) is 14.8. The lowest BCUT2D eigenvalue weighted by molar-refractivity contribution is -0.385. The summed E-state index contributed by atoms with van der Waals surface area (Å²) in [6.07, 6.45) is 0.917. The summed E-state index contributed by atoms with van der Waals surface area (Å²) in [6, 6.07) is 10.3. The summed E-state index contributed by atoms with van der Waals surface area (Å²) in [7, 11) is -2.35. The SMILES string of the molecule is CCc1ccc(CN(C)S(=O)(=O)c2cc([N+](=O)[O-])cc(C)c2C)cc1. The third-order valence-electron chi connectivity index (χ3n) is 4.34. The fraction of sp³-hybridized carbons (Fsp3) is 0.333. The third kappa shape index (κ3) is 4.05. The fourth-order valence-electron chi connectivity index (χ4n) is 2.57. The van der Waals surface area contributed by atoms with Gasteiger partial charge in [-0.25, -0.2) is 8.42 Å². The lowest BCUT2D eigenvalue weighted by atomic mass is 10.1. The van der Waals surface area contributed by atoms with Gasteiger partial charge in [0.2, 0.25) is 10.0 Å². The second kappa shape index (κ2) is 7.33. The summed E-state index contributed by atoms with van der Waals surface area (Å²) in [5, 5.41) is 11.1. The zero-order valence-corrected chi connectivity index (χ0v) is 15.6. The summed E-state index contributed by atoms with van der Waals surface area (Å²) in [5.41, 5.74) is 2.93. The molecule has 0 aliphatic heterocycles. The van der Waals surface area contributed by atoms with Crippen molar-refractivity contribution in [3.63, 3.8) is 0 Å². The summed E-state index contributed by atoms with van der Waals surface area (Å²) >= 11 is 0. The molecular weight excluding hydrogens is 340 g/mol. The number of sulfonamides is 1. The third-order valence-corrected chi connectivity index (χ3v) is 6.27. The fourth-order valence-corrected chi connectivity index (χ4v) is 4.04. The molecule has 0 aliphatic carbocycles. The van der Waals surface area contributed by atoms with Gasteiger partial charge in [-0.3, -0.25) is 10.1 Å². The van der Waals surface area contributed by atoms with Gasteiger partial charge in [0, 0.05) is 25.7 Å². The largest absolute Gasteiger partial charge is 0.271 e. The van der Waals surface area contributed by atoms with Gasteiger partial charge in [0.25, 0.3) is 5.69 Å². The molecule has 2 rings (SSSR count). The highest BCUT2D eigenvalue weighted by Crippen LogP contribution is 2.28. The molecule has 0 saturated heterocycles. The average Bonchev–Trinajstić information content (AvgIpc) is 2.57. The van der Waals surface area contributed by atoms with Crippen molar-refractivity contribution in [2.45, 2.75) is 38.6 Å².